The molecule has 1 heteroatoms. The molecular weight excluding hydrogens is 314 g/mol. The van der Waals surface area contributed by atoms with Crippen molar-refractivity contribution in [1.82, 2.24) is 0 Å². The predicted molar refractivity (Wildman–Crippen MR) is 118 cm³/mol. The Bertz CT molecular complexity index is 461. The lowest BCUT2D eigenvalue weighted by Crippen LogP contribution is -2.37. The number of hydrogen-bond donors (Lipinski definition) is 1. The van der Waals surface area contributed by atoms with E-state index in [1.165, 1.54) is 88.2 Å². The van der Waals surface area contributed by atoms with Gasteiger partial charge in [-0.1, -0.05) is 128 Å². The van der Waals surface area contributed by atoms with Crippen LogP contribution in [0.25, 0.3) is 6.08 Å². The molecule has 0 saturated carbocycles. The minimum Gasteiger partial charge on any atom is -0.321 e. The molecule has 0 radical (unpaired) electrons. The summed E-state index contributed by atoms with van der Waals surface area (Å²) in [7, 11) is 0. The van der Waals surface area contributed by atoms with Crippen LogP contribution in [0, 0.1) is 0 Å². The van der Waals surface area contributed by atoms with Crippen molar-refractivity contribution in [3.63, 3.8) is 0 Å². The zero-order valence-electron chi connectivity index (χ0n) is 17.6. The summed E-state index contributed by atoms with van der Waals surface area (Å²) in [6.45, 7) is 8.56. The summed E-state index contributed by atoms with van der Waals surface area (Å²) in [6.07, 6.45) is 20.1. The topological polar surface area (TPSA) is 26.0 Å². The van der Waals surface area contributed by atoms with Crippen LogP contribution in [-0.4, -0.2) is 0 Å². The highest BCUT2D eigenvalue weighted by Gasteiger charge is 2.27. The smallest absolute Gasteiger partial charge is 0.0415 e. The third-order valence-electron chi connectivity index (χ3n) is 5.67. The lowest BCUT2D eigenvalue weighted by Gasteiger charge is -2.32. The highest BCUT2D eigenvalue weighted by Crippen LogP contribution is 2.33. The fourth-order valence-electron chi connectivity index (χ4n) is 3.96. The molecule has 0 spiro atoms. The van der Waals surface area contributed by atoms with Crippen LogP contribution < -0.4 is 5.73 Å². The first kappa shape index (κ1) is 23.0. The fourth-order valence-corrected chi connectivity index (χ4v) is 3.96. The predicted octanol–water partition coefficient (Wildman–Crippen LogP) is 7.98. The van der Waals surface area contributed by atoms with E-state index in [9.17, 15) is 0 Å². The number of benzene rings is 1. The summed E-state index contributed by atoms with van der Waals surface area (Å²) < 4.78 is 0. The van der Waals surface area contributed by atoms with Crippen molar-refractivity contribution in [3.05, 3.63) is 42.0 Å². The van der Waals surface area contributed by atoms with Crippen molar-refractivity contribution in [1.29, 1.82) is 0 Å². The Kier molecular flexibility index (Phi) is 12.4. The average Bonchev–Trinajstić information content (AvgIpc) is 2.67. The molecule has 0 aromatic heterocycles. The Balaban J connectivity index is 2.63. The molecule has 0 unspecified atom stereocenters. The van der Waals surface area contributed by atoms with E-state index in [1.54, 1.807) is 0 Å². The first-order chi connectivity index (χ1) is 12.7. The molecule has 0 aliphatic heterocycles. The van der Waals surface area contributed by atoms with Crippen molar-refractivity contribution in [2.45, 2.75) is 109 Å². The van der Waals surface area contributed by atoms with Crippen LogP contribution in [0.1, 0.15) is 115 Å². The van der Waals surface area contributed by atoms with Crippen LogP contribution in [0.4, 0.5) is 0 Å². The monoisotopic (exact) mass is 357 g/mol. The van der Waals surface area contributed by atoms with Gasteiger partial charge >= 0.3 is 0 Å². The van der Waals surface area contributed by atoms with Crippen LogP contribution in [0.2, 0.25) is 0 Å². The van der Waals surface area contributed by atoms with Gasteiger partial charge in [0.15, 0.2) is 0 Å². The number of rotatable bonds is 16. The van der Waals surface area contributed by atoms with Crippen LogP contribution in [0.3, 0.4) is 0 Å². The van der Waals surface area contributed by atoms with Gasteiger partial charge in [0.2, 0.25) is 0 Å². The maximum Gasteiger partial charge on any atom is 0.0415 e. The largest absolute Gasteiger partial charge is 0.321 e. The van der Waals surface area contributed by atoms with Gasteiger partial charge in [0, 0.05) is 5.54 Å². The van der Waals surface area contributed by atoms with Gasteiger partial charge in [-0.3, -0.25) is 0 Å². The van der Waals surface area contributed by atoms with E-state index < -0.39 is 0 Å². The fraction of sp³-hybridized carbons (Fsp3) is 0.680. The Morgan fingerprint density at radius 2 is 1.23 bits per heavy atom. The third-order valence-corrected chi connectivity index (χ3v) is 5.67. The molecule has 1 rings (SSSR count). The molecule has 0 bridgehead atoms. The van der Waals surface area contributed by atoms with Crippen molar-refractivity contribution in [2.24, 2.45) is 5.73 Å². The normalized spacial score (nSPS) is 11.7. The van der Waals surface area contributed by atoms with Gasteiger partial charge in [-0.25, -0.2) is 0 Å². The first-order valence-corrected chi connectivity index (χ1v) is 11.2. The molecular formula is C25H43N. The first-order valence-electron chi connectivity index (χ1n) is 11.2. The van der Waals surface area contributed by atoms with Crippen LogP contribution in [0.5, 0.6) is 0 Å². The van der Waals surface area contributed by atoms with E-state index in [1.807, 2.05) is 6.08 Å². The number of unbranched alkanes of at least 4 members (excludes halogenated alkanes) is 10. The van der Waals surface area contributed by atoms with Crippen LogP contribution >= 0.6 is 0 Å². The summed E-state index contributed by atoms with van der Waals surface area (Å²) in [5, 5.41) is 0. The third kappa shape index (κ3) is 8.54. The number of nitrogens with two attached hydrogens (primary N) is 1. The molecule has 0 aliphatic rings. The summed E-state index contributed by atoms with van der Waals surface area (Å²) in [4.78, 5) is 0. The van der Waals surface area contributed by atoms with Gasteiger partial charge in [-0.05, 0) is 24.0 Å². The minimum absolute atomic E-state index is 0.194. The Morgan fingerprint density at radius 3 is 1.73 bits per heavy atom. The molecule has 1 aromatic carbocycles. The second-order valence-corrected chi connectivity index (χ2v) is 7.98. The quantitative estimate of drug-likeness (QED) is 0.298. The zero-order valence-corrected chi connectivity index (χ0v) is 17.6. The highest BCUT2D eigenvalue weighted by atomic mass is 14.7. The molecule has 0 heterocycles. The Labute approximate surface area is 163 Å². The van der Waals surface area contributed by atoms with Gasteiger partial charge in [0.25, 0.3) is 0 Å². The second kappa shape index (κ2) is 14.0. The van der Waals surface area contributed by atoms with Crippen molar-refractivity contribution < 1.29 is 0 Å². The molecule has 148 valence electrons. The SMILES string of the molecule is C=Cc1ccccc1C(N)(CCCCCCCC)CCCCCCCC. The summed E-state index contributed by atoms with van der Waals surface area (Å²) >= 11 is 0. The Hall–Kier alpha value is -1.08. The average molecular weight is 358 g/mol. The molecule has 2 N–H and O–H groups in total. The second-order valence-electron chi connectivity index (χ2n) is 7.98. The van der Waals surface area contributed by atoms with Crippen molar-refractivity contribution in [3.8, 4) is 0 Å². The van der Waals surface area contributed by atoms with Crippen molar-refractivity contribution >= 4 is 6.08 Å². The Morgan fingerprint density at radius 1 is 0.769 bits per heavy atom. The van der Waals surface area contributed by atoms with Crippen molar-refractivity contribution in [2.75, 3.05) is 0 Å². The molecule has 0 saturated heterocycles. The maximum absolute atomic E-state index is 7.03. The van der Waals surface area contributed by atoms with E-state index >= 15 is 0 Å². The maximum atomic E-state index is 7.03. The van der Waals surface area contributed by atoms with E-state index in [2.05, 4.69) is 44.7 Å². The van der Waals surface area contributed by atoms with E-state index in [0.29, 0.717) is 0 Å². The van der Waals surface area contributed by atoms with Crippen LogP contribution in [-0.2, 0) is 5.54 Å². The van der Waals surface area contributed by atoms with Gasteiger partial charge in [0.1, 0.15) is 0 Å². The van der Waals surface area contributed by atoms with Crippen LogP contribution in [0.15, 0.2) is 30.8 Å². The molecule has 1 nitrogen and oxygen atoms in total. The molecule has 0 fully saturated rings. The van der Waals surface area contributed by atoms with E-state index in [-0.39, 0.29) is 5.54 Å². The van der Waals surface area contributed by atoms with Gasteiger partial charge in [-0.2, -0.15) is 0 Å². The summed E-state index contributed by atoms with van der Waals surface area (Å²) in [6, 6.07) is 8.61. The number of hydrogen-bond acceptors (Lipinski definition) is 1. The van der Waals surface area contributed by atoms with Gasteiger partial charge in [0.05, 0.1) is 0 Å². The lowest BCUT2D eigenvalue weighted by atomic mass is 9.79. The van der Waals surface area contributed by atoms with E-state index in [4.69, 9.17) is 5.73 Å². The summed E-state index contributed by atoms with van der Waals surface area (Å²) in [5.41, 5.74) is 9.35. The van der Waals surface area contributed by atoms with Gasteiger partial charge < -0.3 is 5.73 Å². The zero-order chi connectivity index (χ0) is 19.1. The lowest BCUT2D eigenvalue weighted by molar-refractivity contribution is 0.343. The molecule has 0 atom stereocenters. The molecule has 0 amide bonds. The minimum atomic E-state index is -0.194. The molecule has 1 aromatic rings. The standard InChI is InChI=1S/C25H43N/c1-4-7-9-11-13-17-21-25(26,22-18-14-12-10-8-5-2)24-20-16-15-19-23(24)6-3/h6,15-16,19-20H,3-5,7-14,17-18,21-22,26H2,1-2H3. The molecule has 0 aliphatic carbocycles. The van der Waals surface area contributed by atoms with E-state index in [0.717, 1.165) is 12.8 Å². The highest BCUT2D eigenvalue weighted by molar-refractivity contribution is 5.54. The molecule has 26 heavy (non-hydrogen) atoms. The summed E-state index contributed by atoms with van der Waals surface area (Å²) in [5.74, 6) is 0. The van der Waals surface area contributed by atoms with Gasteiger partial charge in [-0.15, -0.1) is 0 Å².